The maximum atomic E-state index is 14.0. The number of benzene rings is 3. The Morgan fingerprint density at radius 3 is 2.11 bits per heavy atom. The van der Waals surface area contributed by atoms with Gasteiger partial charge in [-0.15, -0.1) is 0 Å². The number of hydrogen-bond donors (Lipinski definition) is 1. The van der Waals surface area contributed by atoms with E-state index in [1.165, 1.54) is 29.2 Å². The van der Waals surface area contributed by atoms with Crippen molar-refractivity contribution >= 4 is 29.5 Å². The molecule has 0 bridgehead atoms. The van der Waals surface area contributed by atoms with Crippen LogP contribution < -0.4 is 10.2 Å². The molecule has 47 heavy (non-hydrogen) atoms. The zero-order valence-corrected chi connectivity index (χ0v) is 27.0. The summed E-state index contributed by atoms with van der Waals surface area (Å²) in [6.45, 7) is 5.45. The van der Waals surface area contributed by atoms with Gasteiger partial charge in [0, 0.05) is 78.0 Å². The molecule has 8 nitrogen and oxygen atoms in total. The Bertz CT molecular complexity index is 1500. The zero-order chi connectivity index (χ0) is 34.0. The highest BCUT2D eigenvalue weighted by molar-refractivity contribution is 5.95. The molecule has 1 aliphatic heterocycles. The van der Waals surface area contributed by atoms with Gasteiger partial charge >= 0.3 is 6.18 Å². The summed E-state index contributed by atoms with van der Waals surface area (Å²) in [6, 6.07) is 21.0. The molecule has 0 spiro atoms. The van der Waals surface area contributed by atoms with Gasteiger partial charge < -0.3 is 24.9 Å². The minimum absolute atomic E-state index is 0.0633. The van der Waals surface area contributed by atoms with Gasteiger partial charge in [0.2, 0.25) is 17.7 Å². The third-order valence-electron chi connectivity index (χ3n) is 8.33. The fourth-order valence-electron chi connectivity index (χ4n) is 5.49. The molecule has 0 saturated carbocycles. The van der Waals surface area contributed by atoms with Gasteiger partial charge in [-0.1, -0.05) is 54.6 Å². The van der Waals surface area contributed by atoms with Gasteiger partial charge in [0.1, 0.15) is 6.04 Å². The minimum atomic E-state index is -4.46. The SMILES string of the molecule is CNCCN(C)C(=O)[C@H](Cc1ccccc1)N(Cc1ccc(N2CCN(C(C)=O)CC2)cc1)C(=O)C=Cc1ccc(C(F)(F)F)cc1. The van der Waals surface area contributed by atoms with Crippen molar-refractivity contribution in [2.45, 2.75) is 32.1 Å². The number of nitrogens with one attached hydrogen (secondary N) is 1. The van der Waals surface area contributed by atoms with Crippen molar-refractivity contribution in [2.75, 3.05) is 58.3 Å². The topological polar surface area (TPSA) is 76.2 Å². The number of amides is 3. The predicted molar refractivity (Wildman–Crippen MR) is 177 cm³/mol. The van der Waals surface area contributed by atoms with E-state index in [1.807, 2.05) is 59.5 Å². The van der Waals surface area contributed by atoms with Gasteiger partial charge in [0.15, 0.2) is 0 Å². The molecule has 1 fully saturated rings. The number of piperazine rings is 1. The van der Waals surface area contributed by atoms with Gasteiger partial charge in [0.05, 0.1) is 5.56 Å². The molecular formula is C36H42F3N5O3. The average Bonchev–Trinajstić information content (AvgIpc) is 3.08. The fraction of sp³-hybridized carbons (Fsp3) is 0.361. The van der Waals surface area contributed by atoms with Crippen molar-refractivity contribution in [3.05, 3.63) is 107 Å². The van der Waals surface area contributed by atoms with Crippen molar-refractivity contribution in [1.29, 1.82) is 0 Å². The van der Waals surface area contributed by atoms with Crippen LogP contribution in [0.5, 0.6) is 0 Å². The van der Waals surface area contributed by atoms with E-state index in [-0.39, 0.29) is 24.8 Å². The van der Waals surface area contributed by atoms with Crippen LogP contribution in [0.15, 0.2) is 84.9 Å². The van der Waals surface area contributed by atoms with E-state index in [0.29, 0.717) is 44.8 Å². The fourth-order valence-corrected chi connectivity index (χ4v) is 5.49. The first-order valence-electron chi connectivity index (χ1n) is 15.6. The zero-order valence-electron chi connectivity index (χ0n) is 27.0. The standard InChI is InChI=1S/C36H42F3N5O3/c1-27(45)42-21-23-43(24-22-42)32-16-11-30(12-17-32)26-44(34(46)18-13-28-9-14-31(15-10-28)36(37,38)39)33(25-29-7-5-4-6-8-29)35(47)41(3)20-19-40-2/h4-18,33,40H,19-26H2,1-3H3/t33-/m0/s1. The van der Waals surface area contributed by atoms with Gasteiger partial charge in [-0.25, -0.2) is 0 Å². The first kappa shape index (κ1) is 35.2. The first-order valence-corrected chi connectivity index (χ1v) is 15.6. The van der Waals surface area contributed by atoms with Crippen molar-refractivity contribution in [2.24, 2.45) is 0 Å². The average molecular weight is 650 g/mol. The second-order valence-electron chi connectivity index (χ2n) is 11.6. The summed E-state index contributed by atoms with van der Waals surface area (Å²) >= 11 is 0. The van der Waals surface area contributed by atoms with Crippen LogP contribution >= 0.6 is 0 Å². The number of nitrogens with zero attached hydrogens (tertiary/aromatic N) is 4. The van der Waals surface area contributed by atoms with E-state index in [1.54, 1.807) is 25.9 Å². The maximum Gasteiger partial charge on any atom is 0.416 e. The van der Waals surface area contributed by atoms with Crippen LogP contribution in [0.4, 0.5) is 18.9 Å². The van der Waals surface area contributed by atoms with Crippen molar-refractivity contribution in [3.8, 4) is 0 Å². The van der Waals surface area contributed by atoms with E-state index in [0.717, 1.165) is 28.9 Å². The van der Waals surface area contributed by atoms with E-state index in [9.17, 15) is 27.6 Å². The van der Waals surface area contributed by atoms with Crippen LogP contribution in [0.25, 0.3) is 6.08 Å². The van der Waals surface area contributed by atoms with E-state index in [4.69, 9.17) is 0 Å². The molecule has 11 heteroatoms. The Kier molecular flexibility index (Phi) is 12.2. The van der Waals surface area contributed by atoms with Crippen LogP contribution in [0.1, 0.15) is 29.2 Å². The van der Waals surface area contributed by atoms with Crippen LogP contribution in [0, 0.1) is 0 Å². The summed E-state index contributed by atoms with van der Waals surface area (Å²) in [5.41, 5.74) is 2.36. The highest BCUT2D eigenvalue weighted by atomic mass is 19.4. The molecule has 1 N–H and O–H groups in total. The van der Waals surface area contributed by atoms with Crippen molar-refractivity contribution < 1.29 is 27.6 Å². The Morgan fingerprint density at radius 2 is 1.53 bits per heavy atom. The highest BCUT2D eigenvalue weighted by Crippen LogP contribution is 2.29. The number of carbonyl (C=O) groups excluding carboxylic acids is 3. The number of carbonyl (C=O) groups is 3. The predicted octanol–water partition coefficient (Wildman–Crippen LogP) is 4.71. The third-order valence-corrected chi connectivity index (χ3v) is 8.33. The molecule has 1 aliphatic rings. The number of anilines is 1. The highest BCUT2D eigenvalue weighted by Gasteiger charge is 2.32. The molecule has 3 amide bonds. The monoisotopic (exact) mass is 649 g/mol. The largest absolute Gasteiger partial charge is 0.416 e. The molecular weight excluding hydrogens is 607 g/mol. The van der Waals surface area contributed by atoms with Gasteiger partial charge in [-0.2, -0.15) is 13.2 Å². The number of halogens is 3. The summed E-state index contributed by atoms with van der Waals surface area (Å²) < 4.78 is 39.2. The maximum absolute atomic E-state index is 14.0. The summed E-state index contributed by atoms with van der Waals surface area (Å²) in [5, 5.41) is 3.05. The second kappa shape index (κ2) is 16.3. The normalized spacial score (nSPS) is 14.3. The van der Waals surface area contributed by atoms with Crippen molar-refractivity contribution in [1.82, 2.24) is 20.0 Å². The summed E-state index contributed by atoms with van der Waals surface area (Å²) in [7, 11) is 3.51. The van der Waals surface area contributed by atoms with Crippen LogP contribution in [0.3, 0.4) is 0 Å². The summed E-state index contributed by atoms with van der Waals surface area (Å²) in [6.07, 6.45) is -1.40. The van der Waals surface area contributed by atoms with Crippen molar-refractivity contribution in [3.63, 3.8) is 0 Å². The quantitative estimate of drug-likeness (QED) is 0.288. The summed E-state index contributed by atoms with van der Waals surface area (Å²) in [4.78, 5) is 46.8. The lowest BCUT2D eigenvalue weighted by atomic mass is 10.0. The molecule has 1 heterocycles. The molecule has 3 aromatic carbocycles. The van der Waals surface area contributed by atoms with Crippen LogP contribution in [-0.4, -0.2) is 91.8 Å². The number of hydrogen-bond acceptors (Lipinski definition) is 5. The van der Waals surface area contributed by atoms with Gasteiger partial charge in [-0.05, 0) is 54.1 Å². The van der Waals surface area contributed by atoms with Crippen LogP contribution in [0.2, 0.25) is 0 Å². The van der Waals surface area contributed by atoms with Crippen LogP contribution in [-0.2, 0) is 33.5 Å². The number of alkyl halides is 3. The van der Waals surface area contributed by atoms with E-state index >= 15 is 0 Å². The lowest BCUT2D eigenvalue weighted by Crippen LogP contribution is -2.51. The van der Waals surface area contributed by atoms with E-state index in [2.05, 4.69) is 10.2 Å². The first-order chi connectivity index (χ1) is 22.5. The molecule has 0 aromatic heterocycles. The lowest BCUT2D eigenvalue weighted by molar-refractivity contribution is -0.143. The second-order valence-corrected chi connectivity index (χ2v) is 11.6. The Labute approximate surface area is 274 Å². The lowest BCUT2D eigenvalue weighted by Gasteiger charge is -2.36. The molecule has 3 aromatic rings. The molecule has 1 atom stereocenters. The Balaban J connectivity index is 1.63. The molecule has 250 valence electrons. The molecule has 4 rings (SSSR count). The Hall–Kier alpha value is -4.64. The third kappa shape index (κ3) is 9.92. The number of rotatable bonds is 12. The number of likely N-dealkylation sites (N-methyl/N-ethyl adjacent to an activating group) is 2. The molecule has 0 aliphatic carbocycles. The molecule has 0 unspecified atom stereocenters. The van der Waals surface area contributed by atoms with E-state index < -0.39 is 23.7 Å². The summed E-state index contributed by atoms with van der Waals surface area (Å²) in [5.74, 6) is -0.598. The van der Waals surface area contributed by atoms with Gasteiger partial charge in [0.25, 0.3) is 0 Å². The smallest absolute Gasteiger partial charge is 0.368 e. The minimum Gasteiger partial charge on any atom is -0.368 e. The molecule has 1 saturated heterocycles. The van der Waals surface area contributed by atoms with Gasteiger partial charge in [-0.3, -0.25) is 14.4 Å². The molecule has 0 radical (unpaired) electrons. The Morgan fingerprint density at radius 1 is 0.894 bits per heavy atom.